The Kier molecular flexibility index (Phi) is 11.3. The van der Waals surface area contributed by atoms with Crippen molar-refractivity contribution in [2.75, 3.05) is 19.8 Å². The van der Waals surface area contributed by atoms with Crippen LogP contribution in [-0.4, -0.2) is 42.2 Å². The molecule has 0 radical (unpaired) electrons. The van der Waals surface area contributed by atoms with Gasteiger partial charge < -0.3 is 14.6 Å². The van der Waals surface area contributed by atoms with Crippen molar-refractivity contribution in [2.24, 2.45) is 4.99 Å². The summed E-state index contributed by atoms with van der Waals surface area (Å²) in [6, 6.07) is 27.8. The summed E-state index contributed by atoms with van der Waals surface area (Å²) in [6.07, 6.45) is 4.03. The van der Waals surface area contributed by atoms with E-state index in [1.54, 1.807) is 12.1 Å². The third-order valence-electron chi connectivity index (χ3n) is 7.42. The molecule has 1 aliphatic heterocycles. The second kappa shape index (κ2) is 15.8. The normalized spacial score (nSPS) is 17.5. The Morgan fingerprint density at radius 2 is 1.72 bits per heavy atom. The van der Waals surface area contributed by atoms with Gasteiger partial charge in [0.2, 0.25) is 5.90 Å². The van der Waals surface area contributed by atoms with E-state index in [1.165, 1.54) is 12.1 Å². The van der Waals surface area contributed by atoms with Gasteiger partial charge in [0.05, 0.1) is 6.61 Å². The zero-order valence-corrected chi connectivity index (χ0v) is 26.6. The van der Waals surface area contributed by atoms with Crippen molar-refractivity contribution in [3.63, 3.8) is 0 Å². The van der Waals surface area contributed by atoms with Crippen LogP contribution in [0.3, 0.4) is 0 Å². The van der Waals surface area contributed by atoms with E-state index in [2.05, 4.69) is 26.8 Å². The zero-order chi connectivity index (χ0) is 32.4. The van der Waals surface area contributed by atoms with E-state index in [9.17, 15) is 13.6 Å². The Morgan fingerprint density at radius 1 is 1.00 bits per heavy atom. The minimum absolute atomic E-state index is 0.0419. The highest BCUT2D eigenvalue weighted by Gasteiger charge is 2.53. The second-order valence-corrected chi connectivity index (χ2v) is 11.6. The number of carbonyl (C=O) groups excluding carboxylic acids is 1. The molecule has 0 saturated heterocycles. The van der Waals surface area contributed by atoms with Gasteiger partial charge >= 0.3 is 0 Å². The van der Waals surface area contributed by atoms with E-state index in [0.29, 0.717) is 35.8 Å². The van der Waals surface area contributed by atoms with Crippen LogP contribution in [0.1, 0.15) is 41.2 Å². The summed E-state index contributed by atoms with van der Waals surface area (Å²) in [4.78, 5) is 19.2. The fraction of sp³-hybridized carbons (Fsp3) is 0.222. The first-order chi connectivity index (χ1) is 22.4. The van der Waals surface area contributed by atoms with Crippen LogP contribution in [0.5, 0.6) is 5.75 Å². The third kappa shape index (κ3) is 8.25. The first kappa shape index (κ1) is 33.0. The van der Waals surface area contributed by atoms with E-state index in [0.717, 1.165) is 21.7 Å². The van der Waals surface area contributed by atoms with Gasteiger partial charge in [-0.05, 0) is 60.0 Å². The van der Waals surface area contributed by atoms with E-state index in [-0.39, 0.29) is 26.0 Å². The van der Waals surface area contributed by atoms with Crippen molar-refractivity contribution >= 4 is 33.8 Å². The van der Waals surface area contributed by atoms with Crippen LogP contribution in [0.15, 0.2) is 113 Å². The molecule has 4 aromatic carbocycles. The molecule has 5 rings (SSSR count). The molecule has 7 nitrogen and oxygen atoms in total. The number of hydrogen-bond donors (Lipinski definition) is 3. The fourth-order valence-electron chi connectivity index (χ4n) is 5.13. The van der Waals surface area contributed by atoms with Gasteiger partial charge in [-0.15, -0.1) is 0 Å². The Hall–Kier alpha value is -4.38. The van der Waals surface area contributed by atoms with Crippen LogP contribution in [0.25, 0.3) is 6.08 Å². The number of hydrazine groups is 1. The monoisotopic (exact) mass is 689 g/mol. The molecule has 3 N–H and O–H groups in total. The van der Waals surface area contributed by atoms with Crippen molar-refractivity contribution < 1.29 is 28.2 Å². The molecule has 0 saturated carbocycles. The number of rotatable bonds is 14. The van der Waals surface area contributed by atoms with Crippen molar-refractivity contribution in [1.82, 2.24) is 10.9 Å². The van der Waals surface area contributed by atoms with Crippen LogP contribution in [-0.2, 0) is 16.0 Å². The second-order valence-electron chi connectivity index (χ2n) is 10.7. The van der Waals surface area contributed by atoms with Gasteiger partial charge in [-0.1, -0.05) is 76.6 Å². The van der Waals surface area contributed by atoms with Gasteiger partial charge in [-0.25, -0.2) is 19.2 Å². The van der Waals surface area contributed by atoms with Crippen LogP contribution >= 0.6 is 15.9 Å². The Morgan fingerprint density at radius 3 is 2.43 bits per heavy atom. The maximum atomic E-state index is 14.2. The quantitative estimate of drug-likeness (QED) is 0.101. The number of benzene rings is 4. The van der Waals surface area contributed by atoms with E-state index < -0.39 is 29.2 Å². The molecule has 238 valence electrons. The molecule has 1 aliphatic rings. The van der Waals surface area contributed by atoms with Crippen LogP contribution in [0.4, 0.5) is 8.78 Å². The first-order valence-corrected chi connectivity index (χ1v) is 15.7. The predicted molar refractivity (Wildman–Crippen MR) is 177 cm³/mol. The van der Waals surface area contributed by atoms with Crippen LogP contribution < -0.4 is 15.6 Å². The SMILES string of the molecule is O=C(NNCCc1cc(F)cc(F)c1)[C@@]1(C/C=C/c2ccccc2)N=C(c2ccc(OCCCO)cc2)O[C@H]1c1ccccc1Br. The average molecular weight is 691 g/mol. The molecule has 0 spiro atoms. The number of aliphatic hydroxyl groups excluding tert-OH is 1. The highest BCUT2D eigenvalue weighted by Crippen LogP contribution is 2.45. The van der Waals surface area contributed by atoms with Gasteiger partial charge in [0, 0.05) is 47.7 Å². The molecule has 4 aromatic rings. The number of ether oxygens (including phenoxy) is 2. The van der Waals surface area contributed by atoms with Crippen LogP contribution in [0.2, 0.25) is 0 Å². The van der Waals surface area contributed by atoms with Crippen molar-refractivity contribution in [2.45, 2.75) is 30.9 Å². The van der Waals surface area contributed by atoms with Gasteiger partial charge in [0.15, 0.2) is 11.6 Å². The zero-order valence-electron chi connectivity index (χ0n) is 25.0. The summed E-state index contributed by atoms with van der Waals surface area (Å²) in [7, 11) is 0. The van der Waals surface area contributed by atoms with E-state index in [1.807, 2.05) is 78.9 Å². The van der Waals surface area contributed by atoms with Gasteiger partial charge in [0.1, 0.15) is 17.4 Å². The maximum Gasteiger partial charge on any atom is 0.266 e. The van der Waals surface area contributed by atoms with Crippen molar-refractivity contribution in [3.05, 3.63) is 141 Å². The average Bonchev–Trinajstić information content (AvgIpc) is 3.44. The smallest absolute Gasteiger partial charge is 0.266 e. The molecular formula is C36H34BrF2N3O4. The highest BCUT2D eigenvalue weighted by atomic mass is 79.9. The lowest BCUT2D eigenvalue weighted by Gasteiger charge is -2.30. The molecule has 0 bridgehead atoms. The maximum absolute atomic E-state index is 14.2. The van der Waals surface area contributed by atoms with E-state index in [4.69, 9.17) is 19.6 Å². The van der Waals surface area contributed by atoms with Gasteiger partial charge in [0.25, 0.3) is 5.91 Å². The summed E-state index contributed by atoms with van der Waals surface area (Å²) < 4.78 is 40.3. The standard InChI is InChI=1S/C36H34BrF2N3O4/c37-32-12-5-4-11-31(32)33-36(18-6-10-25-8-2-1-3-9-25,35(44)42-40-19-17-26-22-28(38)24-29(39)23-26)41-34(46-33)27-13-15-30(16-14-27)45-21-7-20-43/h1-6,8-16,22-24,33,40,43H,7,17-21H2,(H,42,44)/b10-6+/t33-,36-/m0/s1. The molecule has 1 heterocycles. The Balaban J connectivity index is 1.46. The lowest BCUT2D eigenvalue weighted by atomic mass is 9.84. The summed E-state index contributed by atoms with van der Waals surface area (Å²) in [6.45, 7) is 0.648. The molecule has 0 aliphatic carbocycles. The summed E-state index contributed by atoms with van der Waals surface area (Å²) in [5, 5.41) is 9.05. The lowest BCUT2D eigenvalue weighted by molar-refractivity contribution is -0.129. The molecule has 0 aromatic heterocycles. The number of nitrogens with zero attached hydrogens (tertiary/aromatic N) is 1. The number of halogens is 3. The number of hydrogen-bond acceptors (Lipinski definition) is 6. The van der Waals surface area contributed by atoms with Gasteiger partial charge in [-0.2, -0.15) is 0 Å². The Bertz CT molecular complexity index is 1660. The fourth-order valence-corrected chi connectivity index (χ4v) is 5.62. The number of aliphatic imine (C=N–C) groups is 1. The highest BCUT2D eigenvalue weighted by molar-refractivity contribution is 9.10. The molecular weight excluding hydrogens is 656 g/mol. The molecule has 46 heavy (non-hydrogen) atoms. The summed E-state index contributed by atoms with van der Waals surface area (Å²) >= 11 is 3.64. The first-order valence-electron chi connectivity index (χ1n) is 14.9. The summed E-state index contributed by atoms with van der Waals surface area (Å²) in [5.41, 5.74) is 7.10. The summed E-state index contributed by atoms with van der Waals surface area (Å²) in [5.74, 6) is -0.824. The van der Waals surface area contributed by atoms with Crippen molar-refractivity contribution in [3.8, 4) is 5.75 Å². The predicted octanol–water partition coefficient (Wildman–Crippen LogP) is 6.71. The Labute approximate surface area is 275 Å². The lowest BCUT2D eigenvalue weighted by Crippen LogP contribution is -2.52. The largest absolute Gasteiger partial charge is 0.494 e. The van der Waals surface area contributed by atoms with E-state index >= 15 is 0 Å². The minimum Gasteiger partial charge on any atom is -0.494 e. The number of aliphatic hydroxyl groups is 1. The molecule has 0 fully saturated rings. The molecule has 10 heteroatoms. The minimum atomic E-state index is -1.43. The number of nitrogens with one attached hydrogen (secondary N) is 2. The van der Waals surface area contributed by atoms with Gasteiger partial charge in [-0.3, -0.25) is 10.2 Å². The molecule has 2 atom stereocenters. The third-order valence-corrected chi connectivity index (χ3v) is 8.14. The number of carbonyl (C=O) groups is 1. The molecule has 1 amide bonds. The topological polar surface area (TPSA) is 92.2 Å². The van der Waals surface area contributed by atoms with Crippen LogP contribution in [0, 0.1) is 11.6 Å². The molecule has 0 unspecified atom stereocenters. The van der Waals surface area contributed by atoms with Crippen molar-refractivity contribution in [1.29, 1.82) is 0 Å². The number of amides is 1.